The van der Waals surface area contributed by atoms with Gasteiger partial charge in [0.2, 0.25) is 5.12 Å². The van der Waals surface area contributed by atoms with Gasteiger partial charge in [-0.15, -0.1) is 0 Å². The Balaban J connectivity index is 3.29. The van der Waals surface area contributed by atoms with Crippen LogP contribution >= 0.6 is 11.8 Å². The fraction of sp³-hybridized carbons (Fsp3) is 0.812. The molecule has 0 aromatic heterocycles. The third-order valence-electron chi connectivity index (χ3n) is 3.15. The molecule has 0 saturated carbocycles. The van der Waals surface area contributed by atoms with Crippen LogP contribution in [0.4, 0.5) is 0 Å². The van der Waals surface area contributed by atoms with Gasteiger partial charge in [-0.2, -0.15) is 0 Å². The Morgan fingerprint density at radius 2 is 1.53 bits per heavy atom. The minimum Gasteiger partial charge on any atom is -0.382 e. The smallest absolute Gasteiger partial charge is 0.216 e. The minimum atomic E-state index is -0.561. The molecule has 0 amide bonds. The standard InChI is InChI=1S/C16H30O2S/c1-4-5-6-7-8-9-10-11-12-13-15(17)19-16(18)14(2)3/h15,17H,2,4-13H2,1,3H3. The second kappa shape index (κ2) is 12.7. The Bertz CT molecular complexity index is 251. The number of carbonyl (C=O) groups excluding carboxylic acids is 1. The zero-order chi connectivity index (χ0) is 14.5. The summed E-state index contributed by atoms with van der Waals surface area (Å²) >= 11 is 1.00. The van der Waals surface area contributed by atoms with Crippen LogP contribution in [0.3, 0.4) is 0 Å². The van der Waals surface area contributed by atoms with Crippen molar-refractivity contribution >= 4 is 16.9 Å². The van der Waals surface area contributed by atoms with Crippen LogP contribution in [0.2, 0.25) is 0 Å². The molecule has 112 valence electrons. The van der Waals surface area contributed by atoms with Gasteiger partial charge >= 0.3 is 0 Å². The molecule has 0 spiro atoms. The largest absolute Gasteiger partial charge is 0.382 e. The number of rotatable bonds is 12. The monoisotopic (exact) mass is 286 g/mol. The lowest BCUT2D eigenvalue weighted by Gasteiger charge is -2.08. The summed E-state index contributed by atoms with van der Waals surface area (Å²) in [4.78, 5) is 11.3. The summed E-state index contributed by atoms with van der Waals surface area (Å²) in [5.74, 6) is 0. The summed E-state index contributed by atoms with van der Waals surface area (Å²) in [6, 6.07) is 0. The molecule has 19 heavy (non-hydrogen) atoms. The topological polar surface area (TPSA) is 37.3 Å². The van der Waals surface area contributed by atoms with Crippen LogP contribution in [0.25, 0.3) is 0 Å². The number of hydrogen-bond acceptors (Lipinski definition) is 3. The van der Waals surface area contributed by atoms with Gasteiger partial charge in [-0.05, 0) is 25.3 Å². The Morgan fingerprint density at radius 1 is 1.05 bits per heavy atom. The molecule has 0 aliphatic carbocycles. The van der Waals surface area contributed by atoms with Crippen LogP contribution in [0, 0.1) is 0 Å². The zero-order valence-electron chi connectivity index (χ0n) is 12.6. The van der Waals surface area contributed by atoms with Gasteiger partial charge in [-0.1, -0.05) is 76.6 Å². The van der Waals surface area contributed by atoms with Crippen LogP contribution in [0.15, 0.2) is 12.2 Å². The first kappa shape index (κ1) is 18.7. The normalized spacial score (nSPS) is 12.4. The van der Waals surface area contributed by atoms with Crippen LogP contribution in [0.5, 0.6) is 0 Å². The van der Waals surface area contributed by atoms with E-state index in [1.807, 2.05) is 0 Å². The number of hydrogen-bond donors (Lipinski definition) is 1. The van der Waals surface area contributed by atoms with Crippen molar-refractivity contribution < 1.29 is 9.90 Å². The number of aliphatic hydroxyl groups is 1. The van der Waals surface area contributed by atoms with Crippen molar-refractivity contribution in [2.75, 3.05) is 0 Å². The molecular weight excluding hydrogens is 256 g/mol. The lowest BCUT2D eigenvalue weighted by Crippen LogP contribution is -2.06. The Hall–Kier alpha value is -0.280. The van der Waals surface area contributed by atoms with Crippen molar-refractivity contribution in [2.24, 2.45) is 0 Å². The molecule has 1 atom stereocenters. The summed E-state index contributed by atoms with van der Waals surface area (Å²) < 4.78 is 0. The molecule has 0 rings (SSSR count). The van der Waals surface area contributed by atoms with Gasteiger partial charge in [0.1, 0.15) is 5.44 Å². The SMILES string of the molecule is C=C(C)C(=O)SC(O)CCCCCCCCCCC. The van der Waals surface area contributed by atoms with Gasteiger partial charge in [0.15, 0.2) is 0 Å². The van der Waals surface area contributed by atoms with Crippen molar-refractivity contribution in [1.82, 2.24) is 0 Å². The first-order valence-electron chi connectivity index (χ1n) is 7.62. The van der Waals surface area contributed by atoms with Crippen molar-refractivity contribution in [3.63, 3.8) is 0 Å². The average Bonchev–Trinajstić information content (AvgIpc) is 2.36. The first-order chi connectivity index (χ1) is 9.07. The maximum absolute atomic E-state index is 11.3. The second-order valence-electron chi connectivity index (χ2n) is 5.26. The minimum absolute atomic E-state index is 0.0941. The zero-order valence-corrected chi connectivity index (χ0v) is 13.4. The van der Waals surface area contributed by atoms with Crippen molar-refractivity contribution in [1.29, 1.82) is 0 Å². The predicted molar refractivity (Wildman–Crippen MR) is 85.3 cm³/mol. The third kappa shape index (κ3) is 12.5. The van der Waals surface area contributed by atoms with Crippen molar-refractivity contribution in [3.8, 4) is 0 Å². The van der Waals surface area contributed by atoms with E-state index in [0.717, 1.165) is 24.6 Å². The molecule has 0 aromatic rings. The molecular formula is C16H30O2S. The fourth-order valence-electron chi connectivity index (χ4n) is 1.91. The van der Waals surface area contributed by atoms with E-state index in [2.05, 4.69) is 13.5 Å². The van der Waals surface area contributed by atoms with Crippen LogP contribution in [0.1, 0.15) is 78.1 Å². The molecule has 0 aromatic carbocycles. The molecule has 2 nitrogen and oxygen atoms in total. The molecule has 0 bridgehead atoms. The highest BCUT2D eigenvalue weighted by Gasteiger charge is 2.11. The highest BCUT2D eigenvalue weighted by atomic mass is 32.2. The lowest BCUT2D eigenvalue weighted by molar-refractivity contribution is -0.107. The van der Waals surface area contributed by atoms with Gasteiger partial charge < -0.3 is 5.11 Å². The van der Waals surface area contributed by atoms with Gasteiger partial charge in [-0.25, -0.2) is 0 Å². The predicted octanol–water partition coefficient (Wildman–Crippen LogP) is 5.06. The molecule has 0 heterocycles. The van der Waals surface area contributed by atoms with E-state index in [4.69, 9.17) is 0 Å². The number of carbonyl (C=O) groups is 1. The maximum atomic E-state index is 11.3. The van der Waals surface area contributed by atoms with Gasteiger partial charge in [0, 0.05) is 0 Å². The van der Waals surface area contributed by atoms with Gasteiger partial charge in [0.25, 0.3) is 0 Å². The Kier molecular flexibility index (Phi) is 12.6. The van der Waals surface area contributed by atoms with E-state index in [9.17, 15) is 9.90 Å². The molecule has 1 unspecified atom stereocenters. The highest BCUT2D eigenvalue weighted by Crippen LogP contribution is 2.19. The van der Waals surface area contributed by atoms with E-state index in [1.165, 1.54) is 44.9 Å². The number of aliphatic hydroxyl groups excluding tert-OH is 1. The summed E-state index contributed by atoms with van der Waals surface area (Å²) in [6.07, 6.45) is 12.2. The molecule has 0 aliphatic rings. The second-order valence-corrected chi connectivity index (χ2v) is 6.41. The first-order valence-corrected chi connectivity index (χ1v) is 8.50. The Morgan fingerprint density at radius 3 is 2.00 bits per heavy atom. The summed E-state index contributed by atoms with van der Waals surface area (Å²) in [5.41, 5.74) is -0.0510. The Labute approximate surface area is 123 Å². The average molecular weight is 286 g/mol. The van der Waals surface area contributed by atoms with Crippen LogP contribution in [-0.2, 0) is 4.79 Å². The third-order valence-corrected chi connectivity index (χ3v) is 4.22. The lowest BCUT2D eigenvalue weighted by atomic mass is 10.1. The highest BCUT2D eigenvalue weighted by molar-refractivity contribution is 8.14. The number of unbranched alkanes of at least 4 members (excludes halogenated alkanes) is 8. The van der Waals surface area contributed by atoms with E-state index < -0.39 is 5.44 Å². The fourth-order valence-corrected chi connectivity index (χ4v) is 2.65. The van der Waals surface area contributed by atoms with E-state index >= 15 is 0 Å². The molecule has 3 heteroatoms. The van der Waals surface area contributed by atoms with E-state index in [1.54, 1.807) is 6.92 Å². The summed E-state index contributed by atoms with van der Waals surface area (Å²) in [5, 5.41) is 9.58. The van der Waals surface area contributed by atoms with E-state index in [-0.39, 0.29) is 5.12 Å². The van der Waals surface area contributed by atoms with Crippen LogP contribution in [-0.4, -0.2) is 15.7 Å². The van der Waals surface area contributed by atoms with Gasteiger partial charge in [0.05, 0.1) is 0 Å². The summed E-state index contributed by atoms with van der Waals surface area (Å²) in [6.45, 7) is 7.50. The molecule has 0 fully saturated rings. The van der Waals surface area contributed by atoms with Crippen molar-refractivity contribution in [3.05, 3.63) is 12.2 Å². The van der Waals surface area contributed by atoms with Crippen molar-refractivity contribution in [2.45, 2.75) is 83.5 Å². The van der Waals surface area contributed by atoms with Crippen LogP contribution < -0.4 is 0 Å². The summed E-state index contributed by atoms with van der Waals surface area (Å²) in [7, 11) is 0. The number of thioether (sulfide) groups is 1. The molecule has 0 radical (unpaired) electrons. The van der Waals surface area contributed by atoms with Gasteiger partial charge in [-0.3, -0.25) is 4.79 Å². The molecule has 1 N–H and O–H groups in total. The molecule has 0 aliphatic heterocycles. The maximum Gasteiger partial charge on any atom is 0.216 e. The molecule has 0 saturated heterocycles. The van der Waals surface area contributed by atoms with E-state index in [0.29, 0.717) is 12.0 Å². The quantitative estimate of drug-likeness (QED) is 0.309.